The molecule has 0 unspecified atom stereocenters. The molecule has 0 radical (unpaired) electrons. The molecule has 1 aliphatic rings. The number of hydrogen-bond acceptors (Lipinski definition) is 3. The van der Waals surface area contributed by atoms with E-state index in [1.807, 2.05) is 0 Å². The van der Waals surface area contributed by atoms with Crippen molar-refractivity contribution in [2.24, 2.45) is 5.73 Å². The Labute approximate surface area is 95.7 Å². The Morgan fingerprint density at radius 3 is 2.12 bits per heavy atom. The standard InChI is InChI=1S/C11H20N2O3/c1-10(2,3)16-9(15)13-11(8(12)14)6-4-5-7-11/h4-7H2,1-3H3,(H2,12,14)(H,13,15). The van der Waals surface area contributed by atoms with Crippen LogP contribution in [0.3, 0.4) is 0 Å². The SMILES string of the molecule is CC(C)(C)OC(=O)NC1(C(N)=O)CCCC1. The molecule has 0 aromatic carbocycles. The summed E-state index contributed by atoms with van der Waals surface area (Å²) >= 11 is 0. The van der Waals surface area contributed by atoms with Crippen molar-refractivity contribution >= 4 is 12.0 Å². The second kappa shape index (κ2) is 4.31. The van der Waals surface area contributed by atoms with E-state index in [1.54, 1.807) is 20.8 Å². The van der Waals surface area contributed by atoms with Crippen LogP contribution in [0.25, 0.3) is 0 Å². The molecule has 0 aromatic heterocycles. The van der Waals surface area contributed by atoms with Gasteiger partial charge in [0.25, 0.3) is 0 Å². The van der Waals surface area contributed by atoms with Gasteiger partial charge in [0.1, 0.15) is 11.1 Å². The zero-order valence-corrected chi connectivity index (χ0v) is 10.1. The fourth-order valence-electron chi connectivity index (χ4n) is 1.91. The predicted octanol–water partition coefficient (Wildman–Crippen LogP) is 1.31. The van der Waals surface area contributed by atoms with Gasteiger partial charge in [0, 0.05) is 0 Å². The van der Waals surface area contributed by atoms with E-state index < -0.39 is 23.1 Å². The van der Waals surface area contributed by atoms with Crippen molar-refractivity contribution in [3.05, 3.63) is 0 Å². The fraction of sp³-hybridized carbons (Fsp3) is 0.818. The summed E-state index contributed by atoms with van der Waals surface area (Å²) in [5.41, 5.74) is 3.87. The Kier molecular flexibility index (Phi) is 3.45. The lowest BCUT2D eigenvalue weighted by molar-refractivity contribution is -0.124. The lowest BCUT2D eigenvalue weighted by atomic mass is 9.97. The first-order valence-corrected chi connectivity index (χ1v) is 5.56. The number of primary amides is 1. The minimum absolute atomic E-state index is 0.476. The topological polar surface area (TPSA) is 81.4 Å². The van der Waals surface area contributed by atoms with Crippen molar-refractivity contribution in [2.75, 3.05) is 0 Å². The first-order chi connectivity index (χ1) is 7.25. The van der Waals surface area contributed by atoms with Crippen LogP contribution in [0.2, 0.25) is 0 Å². The highest BCUT2D eigenvalue weighted by molar-refractivity contribution is 5.89. The number of nitrogens with one attached hydrogen (secondary N) is 1. The van der Waals surface area contributed by atoms with Crippen molar-refractivity contribution in [3.8, 4) is 0 Å². The Morgan fingerprint density at radius 1 is 1.25 bits per heavy atom. The van der Waals surface area contributed by atoms with Crippen LogP contribution in [0.4, 0.5) is 4.79 Å². The lowest BCUT2D eigenvalue weighted by Crippen LogP contribution is -2.56. The van der Waals surface area contributed by atoms with E-state index in [0.717, 1.165) is 12.8 Å². The van der Waals surface area contributed by atoms with E-state index in [4.69, 9.17) is 10.5 Å². The van der Waals surface area contributed by atoms with E-state index in [9.17, 15) is 9.59 Å². The van der Waals surface area contributed by atoms with Crippen LogP contribution in [0, 0.1) is 0 Å². The molecule has 0 spiro atoms. The van der Waals surface area contributed by atoms with Gasteiger partial charge in [0.2, 0.25) is 5.91 Å². The predicted molar refractivity (Wildman–Crippen MR) is 59.8 cm³/mol. The van der Waals surface area contributed by atoms with Crippen molar-refractivity contribution in [3.63, 3.8) is 0 Å². The average Bonchev–Trinajstić information content (AvgIpc) is 2.49. The van der Waals surface area contributed by atoms with Crippen LogP contribution in [0.15, 0.2) is 0 Å². The number of ether oxygens (including phenoxy) is 1. The molecule has 5 nitrogen and oxygen atoms in total. The third-order valence-corrected chi connectivity index (χ3v) is 2.67. The summed E-state index contributed by atoms with van der Waals surface area (Å²) in [6.07, 6.45) is 2.42. The molecule has 0 atom stereocenters. The van der Waals surface area contributed by atoms with Gasteiger partial charge in [-0.25, -0.2) is 4.79 Å². The maximum Gasteiger partial charge on any atom is 0.408 e. The molecule has 0 aromatic rings. The largest absolute Gasteiger partial charge is 0.444 e. The highest BCUT2D eigenvalue weighted by Crippen LogP contribution is 2.29. The molecule has 1 rings (SSSR count). The summed E-state index contributed by atoms with van der Waals surface area (Å²) in [7, 11) is 0. The van der Waals surface area contributed by atoms with Gasteiger partial charge in [0.05, 0.1) is 0 Å². The summed E-state index contributed by atoms with van der Waals surface area (Å²) in [6.45, 7) is 5.33. The fourth-order valence-corrected chi connectivity index (χ4v) is 1.91. The van der Waals surface area contributed by atoms with Gasteiger partial charge in [-0.3, -0.25) is 4.79 Å². The molecular formula is C11H20N2O3. The Balaban J connectivity index is 2.63. The number of alkyl carbamates (subject to hydrolysis) is 1. The van der Waals surface area contributed by atoms with Crippen molar-refractivity contribution in [2.45, 2.75) is 57.6 Å². The smallest absolute Gasteiger partial charge is 0.408 e. The van der Waals surface area contributed by atoms with E-state index >= 15 is 0 Å². The van der Waals surface area contributed by atoms with Gasteiger partial charge in [-0.05, 0) is 33.6 Å². The third kappa shape index (κ3) is 3.12. The summed E-state index contributed by atoms with van der Waals surface area (Å²) in [5.74, 6) is -0.476. The normalized spacial score (nSPS) is 19.2. The monoisotopic (exact) mass is 228 g/mol. The molecule has 0 bridgehead atoms. The molecule has 16 heavy (non-hydrogen) atoms. The van der Waals surface area contributed by atoms with E-state index in [-0.39, 0.29) is 0 Å². The summed E-state index contributed by atoms with van der Waals surface area (Å²) in [4.78, 5) is 23.0. The Hall–Kier alpha value is -1.26. The number of amides is 2. The first kappa shape index (κ1) is 12.8. The number of hydrogen-bond donors (Lipinski definition) is 2. The zero-order chi connectivity index (χ0) is 12.4. The number of rotatable bonds is 2. The third-order valence-electron chi connectivity index (χ3n) is 2.67. The van der Waals surface area contributed by atoms with E-state index in [0.29, 0.717) is 12.8 Å². The van der Waals surface area contributed by atoms with Crippen LogP contribution in [0.5, 0.6) is 0 Å². The number of nitrogens with two attached hydrogens (primary N) is 1. The minimum Gasteiger partial charge on any atom is -0.444 e. The lowest BCUT2D eigenvalue weighted by Gasteiger charge is -2.28. The van der Waals surface area contributed by atoms with Gasteiger partial charge < -0.3 is 15.8 Å². The molecule has 0 saturated heterocycles. The van der Waals surface area contributed by atoms with Crippen LogP contribution in [-0.2, 0) is 9.53 Å². The van der Waals surface area contributed by atoms with Crippen LogP contribution in [0.1, 0.15) is 46.5 Å². The van der Waals surface area contributed by atoms with Crippen LogP contribution < -0.4 is 11.1 Å². The Bertz CT molecular complexity index is 288. The van der Waals surface area contributed by atoms with E-state index in [2.05, 4.69) is 5.32 Å². The summed E-state index contributed by atoms with van der Waals surface area (Å²) < 4.78 is 5.12. The minimum atomic E-state index is -0.900. The summed E-state index contributed by atoms with van der Waals surface area (Å²) in [6, 6.07) is 0. The van der Waals surface area contributed by atoms with Crippen molar-refractivity contribution < 1.29 is 14.3 Å². The molecule has 0 aliphatic heterocycles. The zero-order valence-electron chi connectivity index (χ0n) is 10.1. The molecule has 2 amide bonds. The van der Waals surface area contributed by atoms with Crippen LogP contribution >= 0.6 is 0 Å². The molecule has 0 heterocycles. The second-order valence-electron chi connectivity index (χ2n) is 5.28. The molecule has 3 N–H and O–H groups in total. The second-order valence-corrected chi connectivity index (χ2v) is 5.28. The maximum atomic E-state index is 11.6. The molecule has 1 fully saturated rings. The van der Waals surface area contributed by atoms with Gasteiger partial charge in [-0.2, -0.15) is 0 Å². The highest BCUT2D eigenvalue weighted by atomic mass is 16.6. The number of carbonyl (C=O) groups excluding carboxylic acids is 2. The molecule has 5 heteroatoms. The van der Waals surface area contributed by atoms with Gasteiger partial charge >= 0.3 is 6.09 Å². The average molecular weight is 228 g/mol. The molecular weight excluding hydrogens is 208 g/mol. The first-order valence-electron chi connectivity index (χ1n) is 5.56. The van der Waals surface area contributed by atoms with Crippen LogP contribution in [-0.4, -0.2) is 23.1 Å². The van der Waals surface area contributed by atoms with Crippen molar-refractivity contribution in [1.82, 2.24) is 5.32 Å². The van der Waals surface area contributed by atoms with Gasteiger partial charge in [-0.1, -0.05) is 12.8 Å². The molecule has 1 aliphatic carbocycles. The number of carbonyl (C=O) groups is 2. The van der Waals surface area contributed by atoms with Gasteiger partial charge in [0.15, 0.2) is 0 Å². The molecule has 1 saturated carbocycles. The summed E-state index contributed by atoms with van der Waals surface area (Å²) in [5, 5.41) is 2.61. The van der Waals surface area contributed by atoms with Crippen molar-refractivity contribution in [1.29, 1.82) is 0 Å². The Morgan fingerprint density at radius 2 is 1.75 bits per heavy atom. The molecule has 92 valence electrons. The maximum absolute atomic E-state index is 11.6. The quantitative estimate of drug-likeness (QED) is 0.747. The van der Waals surface area contributed by atoms with E-state index in [1.165, 1.54) is 0 Å². The highest BCUT2D eigenvalue weighted by Gasteiger charge is 2.41. The van der Waals surface area contributed by atoms with Gasteiger partial charge in [-0.15, -0.1) is 0 Å².